The first-order valence-electron chi connectivity index (χ1n) is 57.2. The summed E-state index contributed by atoms with van der Waals surface area (Å²) >= 11 is 8.20. The Kier molecular flexibility index (Phi) is 57.1. The van der Waals surface area contributed by atoms with Crippen LogP contribution < -0.4 is 42.5 Å². The zero-order chi connectivity index (χ0) is 105. The van der Waals surface area contributed by atoms with Crippen molar-refractivity contribution >= 4 is 114 Å². The highest BCUT2D eigenvalue weighted by molar-refractivity contribution is 8.00. The molecular weight excluding hydrogens is 1950 g/mol. The second-order valence-electron chi connectivity index (χ2n) is 46.4. The molecule has 0 radical (unpaired) electrons. The minimum absolute atomic E-state index is 0.00649. The Bertz CT molecular complexity index is 3690. The lowest BCUT2D eigenvalue weighted by Gasteiger charge is -2.30. The molecule has 16 aliphatic heterocycles. The third-order valence-electron chi connectivity index (χ3n) is 33.9. The number of rotatable bonds is 24. The van der Waals surface area contributed by atoms with Gasteiger partial charge in [0, 0.05) is 130 Å². The topological polar surface area (TPSA) is 345 Å². The molecule has 16 saturated heterocycles. The highest BCUT2D eigenvalue weighted by atomic mass is 32.2. The smallest absolute Gasteiger partial charge is 0.239 e. The Balaban J connectivity index is 0.000000185. The number of hydrogen-bond acceptors (Lipinski definition) is 26. The van der Waals surface area contributed by atoms with E-state index < -0.39 is 19.7 Å². The molecule has 145 heavy (non-hydrogen) atoms. The quantitative estimate of drug-likeness (QED) is 0.0445. The fourth-order valence-corrected chi connectivity index (χ4v) is 32.5. The van der Waals surface area contributed by atoms with Gasteiger partial charge in [-0.15, -0.1) is 0 Å². The number of nitrogens with one attached hydrogen (secondary N) is 8. The maximum atomic E-state index is 12.5. The number of thioether (sulfide) groups is 4. The maximum absolute atomic E-state index is 12.5. The van der Waals surface area contributed by atoms with Crippen LogP contribution in [0.4, 0.5) is 0 Å². The zero-order valence-corrected chi connectivity index (χ0v) is 97.6. The second kappa shape index (κ2) is 66.1. The van der Waals surface area contributed by atoms with Gasteiger partial charge in [0.15, 0.2) is 19.7 Å². The van der Waals surface area contributed by atoms with Gasteiger partial charge >= 0.3 is 0 Å². The summed E-state index contributed by atoms with van der Waals surface area (Å²) in [5, 5.41) is 25.6. The van der Waals surface area contributed by atoms with Crippen LogP contribution in [0.15, 0.2) is 0 Å². The summed E-state index contributed by atoms with van der Waals surface area (Å²) in [5.74, 6) is 20.2. The summed E-state index contributed by atoms with van der Waals surface area (Å²) in [6, 6.07) is -0.0941. The third kappa shape index (κ3) is 42.7. The van der Waals surface area contributed by atoms with Gasteiger partial charge in [-0.1, -0.05) is 61.8 Å². The van der Waals surface area contributed by atoms with E-state index in [0.717, 1.165) is 258 Å². The van der Waals surface area contributed by atoms with Crippen molar-refractivity contribution < 1.29 is 64.7 Å². The van der Waals surface area contributed by atoms with Gasteiger partial charge in [0.1, 0.15) is 0 Å². The Morgan fingerprint density at radius 3 is 0.883 bits per heavy atom. The van der Waals surface area contributed by atoms with E-state index in [1.54, 1.807) is 11.9 Å². The van der Waals surface area contributed by atoms with Crippen molar-refractivity contribution in [1.82, 2.24) is 81.7 Å². The Labute approximate surface area is 895 Å². The van der Waals surface area contributed by atoms with E-state index in [4.69, 9.17) is 9.47 Å². The molecule has 838 valence electrons. The van der Waals surface area contributed by atoms with Gasteiger partial charge in [-0.3, -0.25) is 38.4 Å². The average Bonchev–Trinajstić information content (AvgIpc) is 1.68. The van der Waals surface area contributed by atoms with Crippen LogP contribution in [0.5, 0.6) is 0 Å². The molecule has 0 saturated carbocycles. The van der Waals surface area contributed by atoms with Crippen molar-refractivity contribution in [1.29, 1.82) is 0 Å². The average molecular weight is 2150 g/mol. The van der Waals surface area contributed by atoms with E-state index >= 15 is 0 Å². The largest absolute Gasteiger partial charge is 0.381 e. The second-order valence-corrected chi connectivity index (χ2v) is 56.0. The molecule has 22 unspecified atom stereocenters. The molecule has 0 aromatic carbocycles. The van der Waals surface area contributed by atoms with E-state index in [1.807, 2.05) is 66.0 Å². The van der Waals surface area contributed by atoms with Crippen molar-refractivity contribution in [3.63, 3.8) is 0 Å². The molecule has 8 N–H and O–H groups in total. The van der Waals surface area contributed by atoms with Crippen molar-refractivity contribution in [2.24, 2.45) is 82.9 Å². The molecule has 36 heteroatoms. The standard InChI is InChI=1S/2C14H26N2O2.3C14H26N2OS.2C13H24N2O3S.C13H24N2OS/c1-11-3-6-16(14(17)13(9-11)15-2)10-12-4-7-18-8-5-12;1-11-5-6-16(14(17)13(8-11)15-2)9-12-4-3-7-18-10-12;1-11-3-6-16(14(17)13(9-11)15-2)10-12-4-7-18-8-5-12;1-11-5-6-16(14(17)13(8-11)15-2)9-12-4-3-7-18-10-12;1-11-6-7-16(14(17)13(9-11)15-2)10-12-5-3-4-8-18-12;1-10-3-5-15(13(16)12(7-10)14-2)8-11-4-6-19(17,18)9-11;1-10-5-6-15(13(16)12(8-10)14-2)9-11-4-3-7-19(11,17)18;1-10-3-5-15(8-11-4-6-17-9-11)13(16)12(7-10)14-2/h5*11-13,15H,3-10H2,1-2H3;2*10-12,14H,3-9H2,1-2H3;10-12,14H,3-9H2,1-2H3. The number of hydrogen-bond donors (Lipinski definition) is 8. The summed E-state index contributed by atoms with van der Waals surface area (Å²) in [7, 11) is 9.21. The number of carbonyl (C=O) groups excluding carboxylic acids is 8. The lowest BCUT2D eigenvalue weighted by Crippen LogP contribution is -2.47. The molecule has 0 aromatic rings. The molecular formula is C109H202N16O14S6. The first-order valence-corrected chi connectivity index (χ1v) is 65.2. The van der Waals surface area contributed by atoms with Crippen molar-refractivity contribution in [2.45, 2.75) is 313 Å². The fourth-order valence-electron chi connectivity index (χ4n) is 23.9. The van der Waals surface area contributed by atoms with Gasteiger partial charge in [-0.2, -0.15) is 47.0 Å². The predicted octanol–water partition coefficient (Wildman–Crippen LogP) is 10.9. The number of sulfone groups is 2. The number of likely N-dealkylation sites (N-methyl/N-ethyl adjacent to an activating group) is 8. The van der Waals surface area contributed by atoms with Crippen LogP contribution >= 0.6 is 47.0 Å². The van der Waals surface area contributed by atoms with Gasteiger partial charge in [0.05, 0.1) is 77.5 Å². The number of ether oxygens (including phenoxy) is 2. The predicted molar refractivity (Wildman–Crippen MR) is 599 cm³/mol. The molecule has 0 aliphatic carbocycles. The van der Waals surface area contributed by atoms with Crippen LogP contribution in [-0.2, 0) is 67.5 Å². The Morgan fingerprint density at radius 2 is 0.579 bits per heavy atom. The van der Waals surface area contributed by atoms with Crippen LogP contribution in [-0.4, -0.2) is 407 Å². The summed E-state index contributed by atoms with van der Waals surface area (Å²) < 4.78 is 57.7. The van der Waals surface area contributed by atoms with E-state index in [2.05, 4.69) is 163 Å². The molecule has 22 atom stereocenters. The van der Waals surface area contributed by atoms with Crippen molar-refractivity contribution in [3.05, 3.63) is 0 Å². The van der Waals surface area contributed by atoms with Crippen LogP contribution in [0.2, 0.25) is 0 Å². The highest BCUT2D eigenvalue weighted by Gasteiger charge is 2.42. The van der Waals surface area contributed by atoms with Gasteiger partial charge in [-0.05, 0) is 372 Å². The maximum Gasteiger partial charge on any atom is 0.239 e. The number of nitrogens with zero attached hydrogens (tertiary/aromatic N) is 8. The summed E-state index contributed by atoms with van der Waals surface area (Å²) in [6.07, 6.45) is 33.6. The van der Waals surface area contributed by atoms with E-state index in [1.165, 1.54) is 98.1 Å². The summed E-state index contributed by atoms with van der Waals surface area (Å²) in [5.41, 5.74) is 0. The SMILES string of the molecule is CNC1CC(C)CCN(CC2CCCCS2)C1=O.CNC1CC(C)CCN(CC2CCCOC2)C1=O.CNC1CC(C)CCN(CC2CCCS2(=O)=O)C1=O.CNC1CC(C)CCN(CC2CCCSC2)C1=O.CNC1CC(C)CCN(CC2CCOCC2)C1=O.CNC1CC(C)CCN(CC2CCS(=O)(=O)C2)C1=O.CNC1CC(C)CCN(CC2CCSC2)C1=O.CNC1CC(C)CCN(CC2CCSCC2)C1=O. The zero-order valence-electron chi connectivity index (χ0n) is 92.7. The fraction of sp³-hybridized carbons (Fsp3) is 0.927. The normalized spacial score (nSPS) is 34.0. The first kappa shape index (κ1) is 125. The number of carbonyl (C=O) groups is 8. The van der Waals surface area contributed by atoms with E-state index in [-0.39, 0.29) is 94.5 Å². The van der Waals surface area contributed by atoms with Crippen LogP contribution in [0.1, 0.15) is 254 Å². The van der Waals surface area contributed by atoms with Gasteiger partial charge < -0.3 is 91.2 Å². The van der Waals surface area contributed by atoms with Gasteiger partial charge in [-0.25, -0.2) is 16.8 Å². The minimum Gasteiger partial charge on any atom is -0.381 e. The van der Waals surface area contributed by atoms with Crippen molar-refractivity contribution in [3.8, 4) is 0 Å². The van der Waals surface area contributed by atoms with Crippen LogP contribution in [0.25, 0.3) is 0 Å². The van der Waals surface area contributed by atoms with Gasteiger partial charge in [0.2, 0.25) is 47.3 Å². The molecule has 0 bridgehead atoms. The first-order chi connectivity index (χ1) is 69.6. The number of likely N-dealkylation sites (tertiary alicyclic amines) is 8. The lowest BCUT2D eigenvalue weighted by atomic mass is 9.99. The van der Waals surface area contributed by atoms with Crippen molar-refractivity contribution in [2.75, 3.05) is 245 Å². The highest BCUT2D eigenvalue weighted by Crippen LogP contribution is 2.35. The van der Waals surface area contributed by atoms with E-state index in [0.29, 0.717) is 126 Å². The molecule has 16 aliphatic rings. The van der Waals surface area contributed by atoms with Crippen LogP contribution in [0, 0.1) is 82.9 Å². The molecule has 0 aromatic heterocycles. The summed E-state index contributed by atoms with van der Waals surface area (Å²) in [6.45, 7) is 35.1. The summed E-state index contributed by atoms with van der Waals surface area (Å²) in [4.78, 5) is 116. The molecule has 16 rings (SSSR count). The molecule has 30 nitrogen and oxygen atoms in total. The molecule has 8 amide bonds. The number of amides is 8. The lowest BCUT2D eigenvalue weighted by molar-refractivity contribution is -0.134. The minimum atomic E-state index is -2.97. The van der Waals surface area contributed by atoms with E-state index in [9.17, 15) is 55.2 Å². The Hall–Kier alpha value is -3.34. The van der Waals surface area contributed by atoms with Crippen LogP contribution in [0.3, 0.4) is 0 Å². The van der Waals surface area contributed by atoms with Gasteiger partial charge in [0.25, 0.3) is 0 Å². The molecule has 16 heterocycles. The third-order valence-corrected chi connectivity index (χ3v) is 42.9. The molecule has 0 spiro atoms. The monoisotopic (exact) mass is 2150 g/mol. The Morgan fingerprint density at radius 1 is 0.269 bits per heavy atom. The molecule has 16 fully saturated rings.